The van der Waals surface area contributed by atoms with Gasteiger partial charge in [0, 0.05) is 13.0 Å². The lowest BCUT2D eigenvalue weighted by molar-refractivity contribution is -0.145. The van der Waals surface area contributed by atoms with Crippen LogP contribution in [-0.4, -0.2) is 75.5 Å². The fourth-order valence-corrected chi connectivity index (χ4v) is 3.88. The van der Waals surface area contributed by atoms with E-state index in [0.717, 1.165) is 0 Å². The quantitative estimate of drug-likeness (QED) is 0.255. The molecule has 0 saturated carbocycles. The van der Waals surface area contributed by atoms with Crippen molar-refractivity contribution in [2.24, 2.45) is 17.6 Å². The Kier molecular flexibility index (Phi) is 11.3. The van der Waals surface area contributed by atoms with Crippen LogP contribution in [0.1, 0.15) is 66.2 Å². The highest BCUT2D eigenvalue weighted by Crippen LogP contribution is 2.21. The molecule has 0 aromatic rings. The first-order valence-corrected chi connectivity index (χ1v) is 11.4. The number of nitrogens with zero attached hydrogens (tertiary/aromatic N) is 1. The van der Waals surface area contributed by atoms with Crippen LogP contribution in [0.2, 0.25) is 0 Å². The van der Waals surface area contributed by atoms with Gasteiger partial charge in [-0.25, -0.2) is 4.79 Å². The Balaban J connectivity index is 2.93. The van der Waals surface area contributed by atoms with Gasteiger partial charge in [0.25, 0.3) is 0 Å². The lowest BCUT2D eigenvalue weighted by Gasteiger charge is -2.30. The number of carbonyl (C=O) groups is 5. The van der Waals surface area contributed by atoms with E-state index in [-0.39, 0.29) is 18.3 Å². The third kappa shape index (κ3) is 9.37. The summed E-state index contributed by atoms with van der Waals surface area (Å²) in [6.07, 6.45) is 1.04. The molecule has 0 bridgehead atoms. The summed E-state index contributed by atoms with van der Waals surface area (Å²) in [4.78, 5) is 62.2. The second-order valence-electron chi connectivity index (χ2n) is 9.45. The van der Waals surface area contributed by atoms with Gasteiger partial charge < -0.3 is 31.5 Å². The van der Waals surface area contributed by atoms with Gasteiger partial charge in [-0.2, -0.15) is 0 Å². The Morgan fingerprint density at radius 2 is 1.58 bits per heavy atom. The molecule has 1 saturated heterocycles. The Bertz CT molecular complexity index is 726. The minimum atomic E-state index is -1.37. The number of hydrogen-bond donors (Lipinski definition) is 5. The first kappa shape index (κ1) is 28.3. The lowest BCUT2D eigenvalue weighted by Crippen LogP contribution is -2.57. The van der Waals surface area contributed by atoms with E-state index >= 15 is 0 Å². The molecule has 1 aliphatic rings. The van der Waals surface area contributed by atoms with Gasteiger partial charge in [-0.1, -0.05) is 27.7 Å². The van der Waals surface area contributed by atoms with Crippen LogP contribution >= 0.6 is 0 Å². The van der Waals surface area contributed by atoms with Gasteiger partial charge in [0.05, 0.1) is 6.04 Å². The fraction of sp³-hybridized carbons (Fsp3) is 0.773. The summed E-state index contributed by atoms with van der Waals surface area (Å²) in [5, 5.41) is 23.2. The maximum Gasteiger partial charge on any atom is 0.326 e. The third-order valence-electron chi connectivity index (χ3n) is 5.48. The zero-order valence-electron chi connectivity index (χ0n) is 19.9. The second-order valence-corrected chi connectivity index (χ2v) is 9.45. The number of carbonyl (C=O) groups excluding carboxylic acids is 3. The average Bonchev–Trinajstić information content (AvgIpc) is 3.18. The van der Waals surface area contributed by atoms with Crippen LogP contribution in [0.15, 0.2) is 0 Å². The highest BCUT2D eigenvalue weighted by Gasteiger charge is 2.39. The van der Waals surface area contributed by atoms with E-state index in [9.17, 15) is 29.1 Å². The monoisotopic (exact) mass is 470 g/mol. The lowest BCUT2D eigenvalue weighted by atomic mass is 10.00. The van der Waals surface area contributed by atoms with Gasteiger partial charge in [-0.15, -0.1) is 0 Å². The molecule has 1 rings (SSSR count). The van der Waals surface area contributed by atoms with Gasteiger partial charge in [0.2, 0.25) is 17.7 Å². The van der Waals surface area contributed by atoms with E-state index < -0.39 is 60.2 Å². The summed E-state index contributed by atoms with van der Waals surface area (Å²) in [6, 6.07) is -3.87. The molecule has 1 fully saturated rings. The Hall–Kier alpha value is -2.69. The standard InChI is InChI=1S/C22H38N4O7/c1-12(2)10-14(23)19(29)25-16(11-13(3)4)21(31)26-9-5-6-17(26)20(30)24-15(22(32)33)7-8-18(27)28/h12-17H,5-11,23H2,1-4H3,(H,24,30)(H,25,29)(H,27,28)(H,32,33). The SMILES string of the molecule is CC(C)CC(N)C(=O)NC(CC(C)C)C(=O)N1CCCC1C(=O)NC(CCC(=O)O)C(=O)O. The average molecular weight is 471 g/mol. The molecule has 11 nitrogen and oxygen atoms in total. The predicted octanol–water partition coefficient (Wildman–Crippen LogP) is 0.316. The molecule has 11 heteroatoms. The summed E-state index contributed by atoms with van der Waals surface area (Å²) >= 11 is 0. The van der Waals surface area contributed by atoms with Gasteiger partial charge in [0.1, 0.15) is 18.1 Å². The van der Waals surface area contributed by atoms with Gasteiger partial charge in [-0.3, -0.25) is 19.2 Å². The number of aliphatic carboxylic acids is 2. The van der Waals surface area contributed by atoms with Gasteiger partial charge in [-0.05, 0) is 43.9 Å². The summed E-state index contributed by atoms with van der Waals surface area (Å²) < 4.78 is 0. The zero-order valence-corrected chi connectivity index (χ0v) is 19.9. The normalized spacial score (nSPS) is 18.6. The van der Waals surface area contributed by atoms with E-state index in [0.29, 0.717) is 32.2 Å². The molecule has 188 valence electrons. The van der Waals surface area contributed by atoms with Gasteiger partial charge >= 0.3 is 11.9 Å². The summed E-state index contributed by atoms with van der Waals surface area (Å²) in [5.74, 6) is -3.71. The Morgan fingerprint density at radius 1 is 0.970 bits per heavy atom. The highest BCUT2D eigenvalue weighted by atomic mass is 16.4. The molecule has 0 aromatic carbocycles. The summed E-state index contributed by atoms with van der Waals surface area (Å²) in [7, 11) is 0. The summed E-state index contributed by atoms with van der Waals surface area (Å²) in [5.41, 5.74) is 5.96. The third-order valence-corrected chi connectivity index (χ3v) is 5.48. The minimum Gasteiger partial charge on any atom is -0.481 e. The van der Waals surface area contributed by atoms with Crippen LogP contribution in [0.4, 0.5) is 0 Å². The molecule has 4 unspecified atom stereocenters. The summed E-state index contributed by atoms with van der Waals surface area (Å²) in [6.45, 7) is 8.01. The molecule has 0 aromatic heterocycles. The van der Waals surface area contributed by atoms with E-state index in [1.807, 2.05) is 27.7 Å². The minimum absolute atomic E-state index is 0.0860. The maximum atomic E-state index is 13.3. The number of carboxylic acid groups (broad SMARTS) is 2. The molecular formula is C22H38N4O7. The van der Waals surface area contributed by atoms with Crippen LogP contribution in [0.5, 0.6) is 0 Å². The van der Waals surface area contributed by atoms with Crippen molar-refractivity contribution in [2.75, 3.05) is 6.54 Å². The first-order chi connectivity index (χ1) is 15.3. The Labute approximate surface area is 194 Å². The maximum absolute atomic E-state index is 13.3. The number of nitrogens with two attached hydrogens (primary N) is 1. The van der Waals surface area contributed by atoms with Crippen LogP contribution in [0.3, 0.4) is 0 Å². The fourth-order valence-electron chi connectivity index (χ4n) is 3.88. The second kappa shape index (κ2) is 13.1. The van der Waals surface area contributed by atoms with Crippen LogP contribution in [0.25, 0.3) is 0 Å². The number of hydrogen-bond acceptors (Lipinski definition) is 6. The van der Waals surface area contributed by atoms with Crippen molar-refractivity contribution in [3.05, 3.63) is 0 Å². The molecule has 3 amide bonds. The smallest absolute Gasteiger partial charge is 0.326 e. The van der Waals surface area contributed by atoms with Crippen molar-refractivity contribution >= 4 is 29.7 Å². The molecule has 0 aliphatic carbocycles. The molecule has 1 heterocycles. The molecule has 1 aliphatic heterocycles. The van der Waals surface area contributed by atoms with Crippen molar-refractivity contribution in [2.45, 2.75) is 90.4 Å². The van der Waals surface area contributed by atoms with Gasteiger partial charge in [0.15, 0.2) is 0 Å². The van der Waals surface area contributed by atoms with Crippen molar-refractivity contribution in [1.29, 1.82) is 0 Å². The van der Waals surface area contributed by atoms with Crippen LogP contribution in [-0.2, 0) is 24.0 Å². The van der Waals surface area contributed by atoms with Crippen molar-refractivity contribution in [3.8, 4) is 0 Å². The molecule has 4 atom stereocenters. The number of amides is 3. The van der Waals surface area contributed by atoms with E-state index in [1.54, 1.807) is 0 Å². The van der Waals surface area contributed by atoms with Crippen molar-refractivity contribution < 1.29 is 34.2 Å². The molecule has 0 spiro atoms. The zero-order chi connectivity index (χ0) is 25.3. The largest absolute Gasteiger partial charge is 0.481 e. The number of likely N-dealkylation sites (tertiary alicyclic amines) is 1. The van der Waals surface area contributed by atoms with Crippen molar-refractivity contribution in [1.82, 2.24) is 15.5 Å². The van der Waals surface area contributed by atoms with E-state index in [4.69, 9.17) is 10.8 Å². The Morgan fingerprint density at radius 3 is 2.09 bits per heavy atom. The number of carboxylic acids is 2. The molecular weight excluding hydrogens is 432 g/mol. The van der Waals surface area contributed by atoms with Crippen molar-refractivity contribution in [3.63, 3.8) is 0 Å². The number of nitrogens with one attached hydrogen (secondary N) is 2. The molecule has 33 heavy (non-hydrogen) atoms. The molecule has 0 radical (unpaired) electrons. The molecule has 6 N–H and O–H groups in total. The first-order valence-electron chi connectivity index (χ1n) is 11.4. The number of rotatable bonds is 13. The van der Waals surface area contributed by atoms with E-state index in [2.05, 4.69) is 10.6 Å². The van der Waals surface area contributed by atoms with Crippen LogP contribution < -0.4 is 16.4 Å². The van der Waals surface area contributed by atoms with E-state index in [1.165, 1.54) is 4.90 Å². The van der Waals surface area contributed by atoms with Crippen LogP contribution in [0, 0.1) is 11.8 Å². The topological polar surface area (TPSA) is 179 Å². The highest BCUT2D eigenvalue weighted by molar-refractivity contribution is 5.94. The predicted molar refractivity (Wildman–Crippen MR) is 120 cm³/mol.